The molecular formula is C25H25F3N2O2. The Hall–Kier alpha value is -3.19. The number of alkyl halides is 3. The summed E-state index contributed by atoms with van der Waals surface area (Å²) in [6, 6.07) is 16.5. The molecule has 168 valence electrons. The maximum atomic E-state index is 13.5. The van der Waals surface area contributed by atoms with Crippen molar-refractivity contribution in [1.82, 2.24) is 4.98 Å². The number of aromatic nitrogens is 1. The molecule has 4 nitrogen and oxygen atoms in total. The molecule has 1 atom stereocenters. The summed E-state index contributed by atoms with van der Waals surface area (Å²) in [5.41, 5.74) is 0.913. The van der Waals surface area contributed by atoms with Gasteiger partial charge in [0.1, 0.15) is 5.69 Å². The van der Waals surface area contributed by atoms with Gasteiger partial charge in [0.05, 0.1) is 0 Å². The van der Waals surface area contributed by atoms with E-state index < -0.39 is 23.4 Å². The van der Waals surface area contributed by atoms with Gasteiger partial charge in [-0.3, -0.25) is 9.78 Å². The fourth-order valence-electron chi connectivity index (χ4n) is 3.37. The van der Waals surface area contributed by atoms with Crippen LogP contribution in [0.4, 0.5) is 18.9 Å². The third-order valence-electron chi connectivity index (χ3n) is 5.54. The third-order valence-corrected chi connectivity index (χ3v) is 5.54. The van der Waals surface area contributed by atoms with Crippen molar-refractivity contribution in [3.63, 3.8) is 0 Å². The Morgan fingerprint density at radius 1 is 1.00 bits per heavy atom. The maximum absolute atomic E-state index is 13.5. The monoisotopic (exact) mass is 442 g/mol. The van der Waals surface area contributed by atoms with Crippen LogP contribution in [0.3, 0.4) is 0 Å². The maximum Gasteiger partial charge on any atom is 0.433 e. The molecule has 1 unspecified atom stereocenters. The van der Waals surface area contributed by atoms with E-state index in [0.717, 1.165) is 17.2 Å². The fraction of sp³-hybridized carbons (Fsp3) is 0.280. The molecule has 0 aliphatic rings. The Bertz CT molecular complexity index is 1080. The number of amides is 1. The first-order chi connectivity index (χ1) is 15.0. The van der Waals surface area contributed by atoms with Gasteiger partial charge >= 0.3 is 6.18 Å². The molecule has 0 bridgehead atoms. The van der Waals surface area contributed by atoms with Crippen LogP contribution in [0, 0.1) is 13.8 Å². The van der Waals surface area contributed by atoms with Crippen LogP contribution < -0.4 is 4.90 Å². The minimum Gasteiger partial charge on any atom is -0.376 e. The number of anilines is 1. The molecular weight excluding hydrogens is 417 g/mol. The summed E-state index contributed by atoms with van der Waals surface area (Å²) in [5, 5.41) is 11.1. The van der Waals surface area contributed by atoms with Crippen molar-refractivity contribution < 1.29 is 23.1 Å². The first-order valence-electron chi connectivity index (χ1n) is 10.2. The average molecular weight is 442 g/mol. The third kappa shape index (κ3) is 5.16. The molecule has 0 spiro atoms. The summed E-state index contributed by atoms with van der Waals surface area (Å²) in [6.45, 7) is 5.49. The van der Waals surface area contributed by atoms with Crippen LogP contribution in [0.25, 0.3) is 0 Å². The zero-order valence-electron chi connectivity index (χ0n) is 18.1. The molecule has 0 radical (unpaired) electrons. The Kier molecular flexibility index (Phi) is 6.69. The van der Waals surface area contributed by atoms with E-state index in [-0.39, 0.29) is 13.0 Å². The molecule has 32 heavy (non-hydrogen) atoms. The lowest BCUT2D eigenvalue weighted by molar-refractivity contribution is -0.141. The van der Waals surface area contributed by atoms with Crippen LogP contribution >= 0.6 is 0 Å². The van der Waals surface area contributed by atoms with Gasteiger partial charge in [0.15, 0.2) is 5.60 Å². The van der Waals surface area contributed by atoms with Crippen LogP contribution in [-0.2, 0) is 23.0 Å². The molecule has 0 aliphatic heterocycles. The SMILES string of the molecule is Cc1ccc(N(CCc2ccc(C(F)(F)F)nc2)C(=O)C(C)(O)c2ccccc2)cc1C. The van der Waals surface area contributed by atoms with Gasteiger partial charge in [0.2, 0.25) is 0 Å². The Morgan fingerprint density at radius 3 is 2.25 bits per heavy atom. The number of pyridine rings is 1. The molecule has 3 rings (SSSR count). The van der Waals surface area contributed by atoms with Gasteiger partial charge in [-0.25, -0.2) is 0 Å². The minimum atomic E-state index is -4.51. The number of carbonyl (C=O) groups is 1. The number of aryl methyl sites for hydroxylation is 2. The number of benzene rings is 2. The van der Waals surface area contributed by atoms with E-state index in [1.807, 2.05) is 26.0 Å². The first-order valence-corrected chi connectivity index (χ1v) is 10.2. The Balaban J connectivity index is 1.90. The van der Waals surface area contributed by atoms with Crippen LogP contribution in [0.5, 0.6) is 0 Å². The highest BCUT2D eigenvalue weighted by Crippen LogP contribution is 2.29. The summed E-state index contributed by atoms with van der Waals surface area (Å²) in [6.07, 6.45) is -3.07. The fourth-order valence-corrected chi connectivity index (χ4v) is 3.37. The predicted octanol–water partition coefficient (Wildman–Crippen LogP) is 5.20. The number of carbonyl (C=O) groups excluding carboxylic acids is 1. The smallest absolute Gasteiger partial charge is 0.376 e. The quantitative estimate of drug-likeness (QED) is 0.571. The van der Waals surface area contributed by atoms with Gasteiger partial charge in [-0.05, 0) is 67.6 Å². The normalized spacial score (nSPS) is 13.5. The highest BCUT2D eigenvalue weighted by molar-refractivity contribution is 5.99. The highest BCUT2D eigenvalue weighted by Gasteiger charge is 2.37. The van der Waals surface area contributed by atoms with E-state index in [4.69, 9.17) is 0 Å². The summed E-state index contributed by atoms with van der Waals surface area (Å²) in [7, 11) is 0. The largest absolute Gasteiger partial charge is 0.433 e. The van der Waals surface area contributed by atoms with Crippen molar-refractivity contribution in [3.05, 3.63) is 94.8 Å². The second-order valence-electron chi connectivity index (χ2n) is 7.96. The molecule has 1 N–H and O–H groups in total. The second-order valence-corrected chi connectivity index (χ2v) is 7.96. The Labute approximate surface area is 185 Å². The number of nitrogens with zero attached hydrogens (tertiary/aromatic N) is 2. The molecule has 0 aliphatic carbocycles. The number of rotatable bonds is 6. The van der Waals surface area contributed by atoms with Gasteiger partial charge in [0.25, 0.3) is 5.91 Å². The molecule has 7 heteroatoms. The molecule has 2 aromatic carbocycles. The first kappa shape index (κ1) is 23.5. The highest BCUT2D eigenvalue weighted by atomic mass is 19.4. The van der Waals surface area contributed by atoms with Gasteiger partial charge < -0.3 is 10.0 Å². The van der Waals surface area contributed by atoms with Crippen LogP contribution in [0.2, 0.25) is 0 Å². The average Bonchev–Trinajstić information content (AvgIpc) is 2.76. The molecule has 1 aromatic heterocycles. The standard InChI is InChI=1S/C25H25F3N2O2/c1-17-9-11-21(15-18(17)2)30(23(31)24(3,32)20-7-5-4-6-8-20)14-13-19-10-12-22(29-16-19)25(26,27)28/h4-12,15-16,32H,13-14H2,1-3H3. The Morgan fingerprint density at radius 2 is 1.69 bits per heavy atom. The minimum absolute atomic E-state index is 0.164. The lowest BCUT2D eigenvalue weighted by atomic mass is 9.93. The van der Waals surface area contributed by atoms with Crippen molar-refractivity contribution in [2.45, 2.75) is 39.0 Å². The van der Waals surface area contributed by atoms with Gasteiger partial charge in [0, 0.05) is 18.4 Å². The molecule has 0 saturated heterocycles. The molecule has 3 aromatic rings. The van der Waals surface area contributed by atoms with Crippen molar-refractivity contribution in [3.8, 4) is 0 Å². The van der Waals surface area contributed by atoms with Gasteiger partial charge in [-0.2, -0.15) is 13.2 Å². The van der Waals surface area contributed by atoms with Crippen molar-refractivity contribution in [2.24, 2.45) is 0 Å². The number of aliphatic hydroxyl groups is 1. The zero-order chi connectivity index (χ0) is 23.5. The molecule has 1 heterocycles. The van der Waals surface area contributed by atoms with Crippen molar-refractivity contribution in [2.75, 3.05) is 11.4 Å². The molecule has 1 amide bonds. The van der Waals surface area contributed by atoms with E-state index >= 15 is 0 Å². The topological polar surface area (TPSA) is 53.4 Å². The van der Waals surface area contributed by atoms with Gasteiger partial charge in [-0.15, -0.1) is 0 Å². The number of hydrogen-bond acceptors (Lipinski definition) is 3. The van der Waals surface area contributed by atoms with E-state index in [0.29, 0.717) is 16.8 Å². The van der Waals surface area contributed by atoms with Crippen LogP contribution in [0.1, 0.15) is 34.9 Å². The summed E-state index contributed by atoms with van der Waals surface area (Å²) in [5.74, 6) is -0.521. The van der Waals surface area contributed by atoms with E-state index in [1.54, 1.807) is 36.4 Å². The molecule has 0 saturated carbocycles. The summed E-state index contributed by atoms with van der Waals surface area (Å²) in [4.78, 5) is 18.4. The number of halogens is 3. The number of hydrogen-bond donors (Lipinski definition) is 1. The van der Waals surface area contributed by atoms with E-state index in [2.05, 4.69) is 4.98 Å². The summed E-state index contributed by atoms with van der Waals surface area (Å²) < 4.78 is 38.3. The zero-order valence-corrected chi connectivity index (χ0v) is 18.1. The predicted molar refractivity (Wildman–Crippen MR) is 117 cm³/mol. The van der Waals surface area contributed by atoms with Crippen molar-refractivity contribution in [1.29, 1.82) is 0 Å². The van der Waals surface area contributed by atoms with E-state index in [9.17, 15) is 23.1 Å². The van der Waals surface area contributed by atoms with Crippen LogP contribution in [0.15, 0.2) is 66.9 Å². The second kappa shape index (κ2) is 9.12. The van der Waals surface area contributed by atoms with Crippen LogP contribution in [-0.4, -0.2) is 22.5 Å². The summed E-state index contributed by atoms with van der Waals surface area (Å²) >= 11 is 0. The lowest BCUT2D eigenvalue weighted by Crippen LogP contribution is -2.46. The van der Waals surface area contributed by atoms with E-state index in [1.165, 1.54) is 24.1 Å². The molecule has 0 fully saturated rings. The van der Waals surface area contributed by atoms with Crippen molar-refractivity contribution >= 4 is 11.6 Å². The lowest BCUT2D eigenvalue weighted by Gasteiger charge is -2.32. The van der Waals surface area contributed by atoms with Gasteiger partial charge in [-0.1, -0.05) is 42.5 Å².